The Morgan fingerprint density at radius 3 is 1.42 bits per heavy atom. The van der Waals surface area contributed by atoms with Crippen molar-refractivity contribution in [1.82, 2.24) is 15.0 Å². The Labute approximate surface area is 359 Å². The van der Waals surface area contributed by atoms with Crippen molar-refractivity contribution in [3.8, 4) is 67.5 Å². The summed E-state index contributed by atoms with van der Waals surface area (Å²) in [5, 5.41) is 2.05. The Morgan fingerprint density at radius 1 is 0.290 bits per heavy atom. The fourth-order valence-corrected chi connectivity index (χ4v) is 9.56. The number of nitrogens with zero attached hydrogens (tertiary/aromatic N) is 3. The van der Waals surface area contributed by atoms with Gasteiger partial charge >= 0.3 is 0 Å². The van der Waals surface area contributed by atoms with E-state index in [1.807, 2.05) is 42.5 Å². The van der Waals surface area contributed by atoms with Gasteiger partial charge in [0.05, 0.1) is 5.41 Å². The third-order valence-corrected chi connectivity index (χ3v) is 12.4. The summed E-state index contributed by atoms with van der Waals surface area (Å²) in [4.78, 5) is 15.3. The van der Waals surface area contributed by atoms with Crippen LogP contribution in [0.4, 0.5) is 0 Å². The minimum Gasteiger partial charge on any atom is -0.456 e. The molecule has 0 amide bonds. The van der Waals surface area contributed by atoms with Crippen LogP contribution in [0.5, 0.6) is 0 Å². The fraction of sp³-hybridized carbons (Fsp3) is 0.0172. The van der Waals surface area contributed by atoms with Crippen molar-refractivity contribution in [2.75, 3.05) is 0 Å². The fourth-order valence-electron chi connectivity index (χ4n) is 9.56. The second-order valence-electron chi connectivity index (χ2n) is 15.9. The minimum atomic E-state index is -0.510. The maximum atomic E-state index is 6.73. The van der Waals surface area contributed by atoms with Crippen LogP contribution in [0, 0.1) is 0 Å². The van der Waals surface area contributed by atoms with E-state index in [1.165, 1.54) is 38.9 Å². The molecule has 0 spiro atoms. The standard InChI is InChI=1S/C58H37N3O/c1-4-16-38(17-5-1)40-20-14-21-41(34-40)42-22-15-23-43(35-42)56-59-55(39-18-6-2-7-19-39)60-57(61-56)44-30-33-53-50(36-44)49-32-31-46(37-54(49)62-53)58(45-24-8-3-9-25-45)51-28-12-10-26-47(51)48-27-11-13-29-52(48)58/h1-37H. The van der Waals surface area contributed by atoms with Crippen molar-refractivity contribution < 1.29 is 4.42 Å². The molecule has 4 heteroatoms. The first kappa shape index (κ1) is 35.7. The summed E-state index contributed by atoms with van der Waals surface area (Å²) in [7, 11) is 0. The highest BCUT2D eigenvalue weighted by Gasteiger charge is 2.46. The molecule has 2 aromatic heterocycles. The van der Waals surface area contributed by atoms with Crippen LogP contribution in [0.1, 0.15) is 22.3 Å². The molecule has 12 rings (SSSR count). The summed E-state index contributed by atoms with van der Waals surface area (Å²) in [5.74, 6) is 1.83. The van der Waals surface area contributed by atoms with Gasteiger partial charge in [-0.05, 0) is 92.0 Å². The third-order valence-electron chi connectivity index (χ3n) is 12.4. The summed E-state index contributed by atoms with van der Waals surface area (Å²) >= 11 is 0. The van der Waals surface area contributed by atoms with Crippen LogP contribution in [-0.2, 0) is 5.41 Å². The first-order chi connectivity index (χ1) is 30.7. The molecule has 11 aromatic rings. The molecule has 0 saturated heterocycles. The monoisotopic (exact) mass is 791 g/mol. The van der Waals surface area contributed by atoms with Crippen LogP contribution >= 0.6 is 0 Å². The van der Waals surface area contributed by atoms with Gasteiger partial charge in [-0.3, -0.25) is 0 Å². The van der Waals surface area contributed by atoms with Gasteiger partial charge < -0.3 is 4.42 Å². The topological polar surface area (TPSA) is 51.8 Å². The summed E-state index contributed by atoms with van der Waals surface area (Å²) in [6.07, 6.45) is 0. The lowest BCUT2D eigenvalue weighted by Gasteiger charge is -2.33. The predicted octanol–water partition coefficient (Wildman–Crippen LogP) is 14.5. The Hall–Kier alpha value is -8.21. The molecule has 0 atom stereocenters. The van der Waals surface area contributed by atoms with Crippen LogP contribution in [0.3, 0.4) is 0 Å². The van der Waals surface area contributed by atoms with E-state index in [0.717, 1.165) is 55.3 Å². The highest BCUT2D eigenvalue weighted by molar-refractivity contribution is 6.06. The Bertz CT molecular complexity index is 3420. The Kier molecular flexibility index (Phi) is 8.36. The van der Waals surface area contributed by atoms with Crippen molar-refractivity contribution in [3.05, 3.63) is 247 Å². The van der Waals surface area contributed by atoms with Gasteiger partial charge in [-0.15, -0.1) is 0 Å². The molecule has 9 aromatic carbocycles. The molecule has 0 aliphatic heterocycles. The van der Waals surface area contributed by atoms with E-state index in [4.69, 9.17) is 19.4 Å². The van der Waals surface area contributed by atoms with Crippen LogP contribution in [-0.4, -0.2) is 15.0 Å². The molecular weight excluding hydrogens is 755 g/mol. The SMILES string of the molecule is c1ccc(-c2cccc(-c3cccc(-c4nc(-c5ccccc5)nc(-c5ccc6oc7cc(C8(c9ccccc9)c9ccccc9-c9ccccc98)ccc7c6c5)n4)c3)c2)cc1. The van der Waals surface area contributed by atoms with Crippen molar-refractivity contribution in [2.24, 2.45) is 0 Å². The third kappa shape index (κ3) is 5.80. The highest BCUT2D eigenvalue weighted by atomic mass is 16.3. The van der Waals surface area contributed by atoms with E-state index in [1.54, 1.807) is 0 Å². The number of hydrogen-bond acceptors (Lipinski definition) is 4. The van der Waals surface area contributed by atoms with Crippen LogP contribution in [0.15, 0.2) is 229 Å². The number of aromatic nitrogens is 3. The van der Waals surface area contributed by atoms with Gasteiger partial charge in [0.15, 0.2) is 17.5 Å². The van der Waals surface area contributed by atoms with E-state index >= 15 is 0 Å². The summed E-state index contributed by atoms with van der Waals surface area (Å²) < 4.78 is 6.73. The number of benzene rings is 9. The molecule has 2 heterocycles. The van der Waals surface area contributed by atoms with Crippen LogP contribution in [0.2, 0.25) is 0 Å². The molecule has 62 heavy (non-hydrogen) atoms. The lowest BCUT2D eigenvalue weighted by Crippen LogP contribution is -2.28. The summed E-state index contributed by atoms with van der Waals surface area (Å²) in [5.41, 5.74) is 15.9. The molecule has 1 aliphatic carbocycles. The van der Waals surface area contributed by atoms with Crippen molar-refractivity contribution in [2.45, 2.75) is 5.41 Å². The molecule has 0 unspecified atom stereocenters. The second-order valence-corrected chi connectivity index (χ2v) is 15.9. The van der Waals surface area contributed by atoms with Gasteiger partial charge in [-0.25, -0.2) is 15.0 Å². The molecule has 4 nitrogen and oxygen atoms in total. The molecule has 0 N–H and O–H groups in total. The maximum absolute atomic E-state index is 6.73. The van der Waals surface area contributed by atoms with Crippen LogP contribution in [0.25, 0.3) is 89.5 Å². The zero-order valence-corrected chi connectivity index (χ0v) is 33.6. The lowest BCUT2D eigenvalue weighted by atomic mass is 9.67. The predicted molar refractivity (Wildman–Crippen MR) is 252 cm³/mol. The van der Waals surface area contributed by atoms with Crippen LogP contribution < -0.4 is 0 Å². The molecule has 0 bridgehead atoms. The minimum absolute atomic E-state index is 0.510. The second kappa shape index (κ2) is 14.5. The Morgan fingerprint density at radius 2 is 0.774 bits per heavy atom. The van der Waals surface area contributed by atoms with Gasteiger partial charge in [-0.2, -0.15) is 0 Å². The van der Waals surface area contributed by atoms with E-state index in [-0.39, 0.29) is 0 Å². The first-order valence-electron chi connectivity index (χ1n) is 21.0. The molecular formula is C58H37N3O. The molecule has 0 fully saturated rings. The molecule has 0 radical (unpaired) electrons. The molecule has 0 saturated carbocycles. The van der Waals surface area contributed by atoms with Crippen molar-refractivity contribution in [3.63, 3.8) is 0 Å². The number of fused-ring (bicyclic) bond motifs is 6. The summed E-state index contributed by atoms with van der Waals surface area (Å²) in [6.45, 7) is 0. The van der Waals surface area contributed by atoms with E-state index in [2.05, 4.69) is 182 Å². The van der Waals surface area contributed by atoms with Gasteiger partial charge in [0.2, 0.25) is 0 Å². The van der Waals surface area contributed by atoms with Gasteiger partial charge in [0.25, 0.3) is 0 Å². The van der Waals surface area contributed by atoms with Gasteiger partial charge in [0.1, 0.15) is 11.2 Å². The normalized spacial score (nSPS) is 12.6. The van der Waals surface area contributed by atoms with Gasteiger partial charge in [-0.1, -0.05) is 188 Å². The average molecular weight is 792 g/mol. The first-order valence-corrected chi connectivity index (χ1v) is 21.0. The Balaban J connectivity index is 0.981. The zero-order chi connectivity index (χ0) is 41.0. The van der Waals surface area contributed by atoms with Crippen molar-refractivity contribution >= 4 is 21.9 Å². The maximum Gasteiger partial charge on any atom is 0.164 e. The zero-order valence-electron chi connectivity index (χ0n) is 33.6. The van der Waals surface area contributed by atoms with Gasteiger partial charge in [0, 0.05) is 27.5 Å². The molecule has 290 valence electrons. The lowest BCUT2D eigenvalue weighted by molar-refractivity contribution is 0.665. The number of furan rings is 1. The van der Waals surface area contributed by atoms with Crippen molar-refractivity contribution in [1.29, 1.82) is 0 Å². The quantitative estimate of drug-likeness (QED) is 0.161. The number of hydrogen-bond donors (Lipinski definition) is 0. The van der Waals surface area contributed by atoms with E-state index in [9.17, 15) is 0 Å². The van der Waals surface area contributed by atoms with E-state index in [0.29, 0.717) is 17.5 Å². The largest absolute Gasteiger partial charge is 0.456 e. The van der Waals surface area contributed by atoms with E-state index < -0.39 is 5.41 Å². The highest BCUT2D eigenvalue weighted by Crippen LogP contribution is 2.56. The summed E-state index contributed by atoms with van der Waals surface area (Å²) in [6, 6.07) is 79.3. The smallest absolute Gasteiger partial charge is 0.164 e. The number of rotatable bonds is 7. The average Bonchev–Trinajstić information content (AvgIpc) is 3.88. The molecule has 1 aliphatic rings.